The van der Waals surface area contributed by atoms with Crippen molar-refractivity contribution in [1.82, 2.24) is 4.31 Å². The van der Waals surface area contributed by atoms with Gasteiger partial charge in [-0.25, -0.2) is 12.8 Å². The number of hydrogen-bond acceptors (Lipinski definition) is 4. The van der Waals surface area contributed by atoms with E-state index >= 15 is 0 Å². The van der Waals surface area contributed by atoms with Crippen LogP contribution in [0, 0.1) is 11.7 Å². The molecule has 0 aliphatic carbocycles. The average Bonchev–Trinajstić information content (AvgIpc) is 3.02. The molecule has 1 aliphatic heterocycles. The van der Waals surface area contributed by atoms with E-state index in [4.69, 9.17) is 16.3 Å². The first-order chi connectivity index (χ1) is 11.4. The van der Waals surface area contributed by atoms with Gasteiger partial charge in [0.2, 0.25) is 0 Å². The van der Waals surface area contributed by atoms with Crippen LogP contribution in [0.3, 0.4) is 0 Å². The van der Waals surface area contributed by atoms with Gasteiger partial charge in [-0.3, -0.25) is 0 Å². The lowest BCUT2D eigenvalue weighted by atomic mass is 9.99. The summed E-state index contributed by atoms with van der Waals surface area (Å²) in [7, 11) is -3.45. The Morgan fingerprint density at radius 2 is 1.83 bits per heavy atom. The van der Waals surface area contributed by atoms with E-state index in [1.807, 2.05) is 0 Å². The summed E-state index contributed by atoms with van der Waals surface area (Å²) in [5.74, 6) is 0.614. The maximum Gasteiger partial charge on any atom is 0.252 e. The fourth-order valence-electron chi connectivity index (χ4n) is 2.62. The topological polar surface area (TPSA) is 46.6 Å². The molecule has 24 heavy (non-hydrogen) atoms. The Morgan fingerprint density at radius 1 is 1.17 bits per heavy atom. The van der Waals surface area contributed by atoms with Crippen LogP contribution in [-0.2, 0) is 10.0 Å². The smallest absolute Gasteiger partial charge is 0.252 e. The zero-order chi connectivity index (χ0) is 17.2. The molecule has 0 amide bonds. The van der Waals surface area contributed by atoms with Crippen LogP contribution in [-0.4, -0.2) is 32.4 Å². The predicted octanol–water partition coefficient (Wildman–Crippen LogP) is 4.02. The van der Waals surface area contributed by atoms with Crippen LogP contribution in [0.15, 0.2) is 40.6 Å². The monoisotopic (exact) mass is 389 g/mol. The number of benzene rings is 1. The lowest BCUT2D eigenvalue weighted by Gasteiger charge is -2.30. The molecule has 2 aromatic rings. The van der Waals surface area contributed by atoms with Crippen molar-refractivity contribution >= 4 is 33.0 Å². The highest BCUT2D eigenvalue weighted by Crippen LogP contribution is 2.30. The zero-order valence-corrected chi connectivity index (χ0v) is 15.2. The molecule has 0 bridgehead atoms. The van der Waals surface area contributed by atoms with Gasteiger partial charge in [0, 0.05) is 13.1 Å². The van der Waals surface area contributed by atoms with Gasteiger partial charge in [-0.05, 0) is 55.2 Å². The van der Waals surface area contributed by atoms with Gasteiger partial charge in [0.25, 0.3) is 10.0 Å². The molecule has 4 nitrogen and oxygen atoms in total. The summed E-state index contributed by atoms with van der Waals surface area (Å²) in [6.45, 7) is 1.44. The Hall–Kier alpha value is -1.15. The highest BCUT2D eigenvalue weighted by Gasteiger charge is 2.30. The summed E-state index contributed by atoms with van der Waals surface area (Å²) < 4.78 is 45.8. The van der Waals surface area contributed by atoms with Gasteiger partial charge in [-0.2, -0.15) is 4.31 Å². The van der Waals surface area contributed by atoms with Gasteiger partial charge in [-0.1, -0.05) is 11.6 Å². The number of nitrogens with zero attached hydrogens (tertiary/aromatic N) is 1. The molecular formula is C16H17ClFNO3S2. The van der Waals surface area contributed by atoms with Crippen LogP contribution in [0.2, 0.25) is 4.34 Å². The van der Waals surface area contributed by atoms with Gasteiger partial charge < -0.3 is 4.74 Å². The van der Waals surface area contributed by atoms with Gasteiger partial charge in [0.1, 0.15) is 15.8 Å². The number of sulfonamides is 1. The van der Waals surface area contributed by atoms with Crippen molar-refractivity contribution in [2.45, 2.75) is 17.1 Å². The third-order valence-electron chi connectivity index (χ3n) is 4.02. The predicted molar refractivity (Wildman–Crippen MR) is 92.7 cm³/mol. The van der Waals surface area contributed by atoms with E-state index in [2.05, 4.69) is 0 Å². The molecule has 3 rings (SSSR count). The molecule has 1 saturated heterocycles. The minimum Gasteiger partial charge on any atom is -0.493 e. The van der Waals surface area contributed by atoms with Gasteiger partial charge in [0.15, 0.2) is 0 Å². The Kier molecular flexibility index (Phi) is 5.44. The maximum atomic E-state index is 12.9. The van der Waals surface area contributed by atoms with E-state index < -0.39 is 10.0 Å². The molecule has 1 aliphatic rings. The van der Waals surface area contributed by atoms with Gasteiger partial charge in [0.05, 0.1) is 10.9 Å². The molecule has 8 heteroatoms. The Morgan fingerprint density at radius 3 is 2.42 bits per heavy atom. The third-order valence-corrected chi connectivity index (χ3v) is 7.61. The van der Waals surface area contributed by atoms with Crippen LogP contribution in [0.25, 0.3) is 0 Å². The number of rotatable bonds is 5. The average molecular weight is 390 g/mol. The molecule has 1 aromatic heterocycles. The number of halogens is 2. The normalized spacial score (nSPS) is 17.1. The number of piperidine rings is 1. The summed E-state index contributed by atoms with van der Waals surface area (Å²) in [6.07, 6.45) is 1.47. The third kappa shape index (κ3) is 4.08. The SMILES string of the molecule is O=S(=O)(c1ccc(Cl)s1)N1CCC(COc2ccc(F)cc2)CC1. The van der Waals surface area contributed by atoms with Crippen LogP contribution >= 0.6 is 22.9 Å². The second-order valence-electron chi connectivity index (χ2n) is 5.67. The molecule has 0 saturated carbocycles. The van der Waals surface area contributed by atoms with E-state index in [1.54, 1.807) is 24.3 Å². The maximum absolute atomic E-state index is 12.9. The van der Waals surface area contributed by atoms with Crippen LogP contribution in [0.5, 0.6) is 5.75 Å². The molecule has 1 aromatic carbocycles. The summed E-state index contributed by atoms with van der Waals surface area (Å²) in [6, 6.07) is 9.05. The summed E-state index contributed by atoms with van der Waals surface area (Å²) in [5.41, 5.74) is 0. The Labute approximate surface area is 149 Å². The molecule has 2 heterocycles. The Balaban J connectivity index is 1.53. The number of ether oxygens (including phenoxy) is 1. The zero-order valence-electron chi connectivity index (χ0n) is 12.8. The molecule has 0 unspecified atom stereocenters. The second kappa shape index (κ2) is 7.39. The molecular weight excluding hydrogens is 373 g/mol. The minimum absolute atomic E-state index is 0.286. The van der Waals surface area contributed by atoms with Gasteiger partial charge in [-0.15, -0.1) is 11.3 Å². The first kappa shape index (κ1) is 17.7. The van der Waals surface area contributed by atoms with E-state index in [1.165, 1.54) is 16.4 Å². The molecule has 0 spiro atoms. The standard InChI is InChI=1S/C16H17ClFNO3S2/c17-15-5-6-16(23-15)24(20,21)19-9-7-12(8-10-19)11-22-14-3-1-13(18)2-4-14/h1-6,12H,7-11H2. The van der Waals surface area contributed by atoms with E-state index in [0.29, 0.717) is 29.8 Å². The lowest BCUT2D eigenvalue weighted by Crippen LogP contribution is -2.39. The molecule has 0 radical (unpaired) electrons. The van der Waals surface area contributed by atoms with E-state index in [0.717, 1.165) is 24.2 Å². The summed E-state index contributed by atoms with van der Waals surface area (Å²) in [4.78, 5) is 0. The van der Waals surface area contributed by atoms with Crippen molar-refractivity contribution in [2.24, 2.45) is 5.92 Å². The molecule has 0 atom stereocenters. The van der Waals surface area contributed by atoms with Crippen molar-refractivity contribution in [3.8, 4) is 5.75 Å². The van der Waals surface area contributed by atoms with Crippen molar-refractivity contribution in [2.75, 3.05) is 19.7 Å². The van der Waals surface area contributed by atoms with Gasteiger partial charge >= 0.3 is 0 Å². The van der Waals surface area contributed by atoms with Crippen LogP contribution in [0.4, 0.5) is 4.39 Å². The van der Waals surface area contributed by atoms with Crippen LogP contribution in [0.1, 0.15) is 12.8 Å². The van der Waals surface area contributed by atoms with E-state index in [9.17, 15) is 12.8 Å². The largest absolute Gasteiger partial charge is 0.493 e. The molecule has 0 N–H and O–H groups in total. The first-order valence-corrected chi connectivity index (χ1v) is 10.2. The molecule has 130 valence electrons. The fraction of sp³-hybridized carbons (Fsp3) is 0.375. The van der Waals surface area contributed by atoms with Crippen molar-refractivity contribution < 1.29 is 17.5 Å². The van der Waals surface area contributed by atoms with Crippen molar-refractivity contribution in [3.63, 3.8) is 0 Å². The number of hydrogen-bond donors (Lipinski definition) is 0. The lowest BCUT2D eigenvalue weighted by molar-refractivity contribution is 0.185. The van der Waals surface area contributed by atoms with Crippen LogP contribution < -0.4 is 4.74 Å². The van der Waals surface area contributed by atoms with Crippen molar-refractivity contribution in [3.05, 3.63) is 46.6 Å². The summed E-state index contributed by atoms with van der Waals surface area (Å²) >= 11 is 6.91. The quantitative estimate of drug-likeness (QED) is 0.775. The highest BCUT2D eigenvalue weighted by molar-refractivity contribution is 7.91. The highest BCUT2D eigenvalue weighted by atomic mass is 35.5. The Bertz CT molecular complexity index is 784. The fourth-order valence-corrected chi connectivity index (χ4v) is 5.73. The van der Waals surface area contributed by atoms with Crippen molar-refractivity contribution in [1.29, 1.82) is 0 Å². The molecule has 1 fully saturated rings. The summed E-state index contributed by atoms with van der Waals surface area (Å²) in [5, 5.41) is 0. The second-order valence-corrected chi connectivity index (χ2v) is 9.55. The first-order valence-electron chi connectivity index (χ1n) is 7.59. The minimum atomic E-state index is -3.45. The number of thiophene rings is 1. The van der Waals surface area contributed by atoms with E-state index in [-0.39, 0.29) is 15.9 Å².